The Bertz CT molecular complexity index is 836. The number of ether oxygens (including phenoxy) is 3. The predicted octanol–water partition coefficient (Wildman–Crippen LogP) is -1.62. The molecule has 0 bridgehead atoms. The number of carboxylic acids is 1. The minimum absolute atomic E-state index is 0.0379. The molecule has 0 aromatic carbocycles. The molecule has 1 rings (SSSR count). The summed E-state index contributed by atoms with van der Waals surface area (Å²) in [6.07, 6.45) is -0.917. The second kappa shape index (κ2) is 15.8. The molecule has 6 atom stereocenters. The molecule has 1 aliphatic rings. The van der Waals surface area contributed by atoms with Gasteiger partial charge in [0, 0.05) is 12.8 Å². The fourth-order valence-corrected chi connectivity index (χ4v) is 3.44. The molecule has 0 spiro atoms. The number of carboxylic acid groups (broad SMARTS) is 1. The van der Waals surface area contributed by atoms with Crippen LogP contribution >= 0.6 is 0 Å². The van der Waals surface area contributed by atoms with Crippen molar-refractivity contribution in [3.05, 3.63) is 0 Å². The molecule has 210 valence electrons. The Kier molecular flexibility index (Phi) is 13.5. The van der Waals surface area contributed by atoms with Gasteiger partial charge in [-0.3, -0.25) is 28.8 Å². The highest BCUT2D eigenvalue weighted by molar-refractivity contribution is 5.90. The van der Waals surface area contributed by atoms with Crippen LogP contribution in [0.5, 0.6) is 0 Å². The van der Waals surface area contributed by atoms with E-state index in [-0.39, 0.29) is 43.6 Å². The Balaban J connectivity index is 2.35. The van der Waals surface area contributed by atoms with Gasteiger partial charge in [0.15, 0.2) is 6.29 Å². The number of carbonyl (C=O) groups excluding carboxylic acids is 5. The molecule has 1 aliphatic heterocycles. The number of esters is 1. The van der Waals surface area contributed by atoms with Crippen molar-refractivity contribution >= 4 is 35.6 Å². The zero-order chi connectivity index (χ0) is 28.1. The quantitative estimate of drug-likeness (QED) is 0.163. The van der Waals surface area contributed by atoms with E-state index in [9.17, 15) is 28.8 Å². The average molecular weight is 531 g/mol. The Morgan fingerprint density at radius 1 is 0.811 bits per heavy atom. The van der Waals surface area contributed by atoms with Crippen LogP contribution in [0.2, 0.25) is 0 Å². The number of amides is 4. The normalized spacial score (nSPS) is 23.8. The van der Waals surface area contributed by atoms with Crippen molar-refractivity contribution in [1.29, 1.82) is 0 Å². The zero-order valence-electron chi connectivity index (χ0n) is 21.8. The van der Waals surface area contributed by atoms with Crippen molar-refractivity contribution < 1.29 is 48.1 Å². The van der Waals surface area contributed by atoms with Gasteiger partial charge in [-0.25, -0.2) is 0 Å². The monoisotopic (exact) mass is 530 g/mol. The van der Waals surface area contributed by atoms with Crippen LogP contribution in [0.15, 0.2) is 0 Å². The molecule has 0 aromatic rings. The van der Waals surface area contributed by atoms with Gasteiger partial charge in [0.25, 0.3) is 0 Å². The predicted molar refractivity (Wildman–Crippen MR) is 128 cm³/mol. The summed E-state index contributed by atoms with van der Waals surface area (Å²) in [5.74, 6) is -4.21. The molecule has 1 fully saturated rings. The second-order valence-electron chi connectivity index (χ2n) is 9.10. The minimum atomic E-state index is -1.22. The van der Waals surface area contributed by atoms with E-state index < -0.39 is 67.4 Å². The van der Waals surface area contributed by atoms with E-state index in [4.69, 9.17) is 19.3 Å². The van der Waals surface area contributed by atoms with E-state index >= 15 is 0 Å². The first-order chi connectivity index (χ1) is 17.3. The van der Waals surface area contributed by atoms with Crippen molar-refractivity contribution in [2.45, 2.75) is 47.0 Å². The van der Waals surface area contributed by atoms with Crippen molar-refractivity contribution in [2.24, 2.45) is 23.7 Å². The van der Waals surface area contributed by atoms with Gasteiger partial charge in [-0.05, 0) is 11.8 Å². The molecule has 2 unspecified atom stereocenters. The standard InChI is InChI=1S/C23H38N4O10/c1-12(10-36-23-15(4)13(2)14(3)17(37-23)11-35-16(5)28)22(34)27-8-20(31)25-6-18(29)24-7-19(30)26-9-21(32)33/h12-15,17,23H,6-11H2,1-5H3,(H,24,29)(H,25,31)(H,26,30)(H,27,34)(H,32,33)/t12-,13-,14-,15?,17?,23+/m0/s1. The molecule has 4 amide bonds. The van der Waals surface area contributed by atoms with Crippen LogP contribution in [0.25, 0.3) is 0 Å². The third-order valence-electron chi connectivity index (χ3n) is 6.14. The molecule has 1 heterocycles. The summed E-state index contributed by atoms with van der Waals surface area (Å²) in [4.78, 5) is 68.8. The summed E-state index contributed by atoms with van der Waals surface area (Å²) in [5.41, 5.74) is 0. The molecule has 5 N–H and O–H groups in total. The highest BCUT2D eigenvalue weighted by Crippen LogP contribution is 2.35. The number of rotatable bonds is 14. The number of aliphatic carboxylic acids is 1. The lowest BCUT2D eigenvalue weighted by molar-refractivity contribution is -0.258. The first kappa shape index (κ1) is 31.8. The fraction of sp³-hybridized carbons (Fsp3) is 0.739. The van der Waals surface area contributed by atoms with Crippen molar-refractivity contribution in [3.8, 4) is 0 Å². The van der Waals surface area contributed by atoms with Gasteiger partial charge in [-0.15, -0.1) is 0 Å². The topological polar surface area (TPSA) is 198 Å². The van der Waals surface area contributed by atoms with Gasteiger partial charge in [-0.1, -0.05) is 27.7 Å². The lowest BCUT2D eigenvalue weighted by Gasteiger charge is -2.43. The lowest BCUT2D eigenvalue weighted by Crippen LogP contribution is -2.48. The van der Waals surface area contributed by atoms with Gasteiger partial charge in [0.05, 0.1) is 38.3 Å². The van der Waals surface area contributed by atoms with Crippen LogP contribution < -0.4 is 21.3 Å². The summed E-state index contributed by atoms with van der Waals surface area (Å²) in [6.45, 7) is 7.38. The number of hydrogen-bond acceptors (Lipinski definition) is 9. The highest BCUT2D eigenvalue weighted by atomic mass is 16.7. The van der Waals surface area contributed by atoms with E-state index in [0.717, 1.165) is 0 Å². The van der Waals surface area contributed by atoms with Crippen LogP contribution in [-0.2, 0) is 43.0 Å². The van der Waals surface area contributed by atoms with Gasteiger partial charge >= 0.3 is 11.9 Å². The first-order valence-corrected chi connectivity index (χ1v) is 12.0. The van der Waals surface area contributed by atoms with Crippen molar-refractivity contribution in [3.63, 3.8) is 0 Å². The summed E-state index contributed by atoms with van der Waals surface area (Å²) in [7, 11) is 0. The van der Waals surface area contributed by atoms with Crippen molar-refractivity contribution in [2.75, 3.05) is 39.4 Å². The summed E-state index contributed by atoms with van der Waals surface area (Å²) in [6, 6.07) is 0. The maximum atomic E-state index is 12.4. The van der Waals surface area contributed by atoms with Crippen LogP contribution in [0, 0.1) is 23.7 Å². The van der Waals surface area contributed by atoms with E-state index in [0.29, 0.717) is 0 Å². The molecular weight excluding hydrogens is 492 g/mol. The highest BCUT2D eigenvalue weighted by Gasteiger charge is 2.40. The third kappa shape index (κ3) is 12.0. The summed E-state index contributed by atoms with van der Waals surface area (Å²) < 4.78 is 16.9. The van der Waals surface area contributed by atoms with Crippen molar-refractivity contribution in [1.82, 2.24) is 21.3 Å². The summed E-state index contributed by atoms with van der Waals surface area (Å²) >= 11 is 0. The number of nitrogens with one attached hydrogen (secondary N) is 4. The van der Waals surface area contributed by atoms with Crippen LogP contribution in [0.1, 0.15) is 34.6 Å². The SMILES string of the molecule is CC(=O)OCC1O[C@@H](OC[C@H](C)C(=O)NCC(=O)NCC(=O)NCC(=O)NCC(=O)O)C(C)[C@@H](C)[C@@H]1C. The zero-order valence-corrected chi connectivity index (χ0v) is 21.8. The van der Waals surface area contributed by atoms with Gasteiger partial charge in [0.2, 0.25) is 23.6 Å². The summed E-state index contributed by atoms with van der Waals surface area (Å²) in [5, 5.41) is 17.5. The van der Waals surface area contributed by atoms with E-state index in [1.165, 1.54) is 6.92 Å². The molecule has 0 aromatic heterocycles. The molecule has 1 saturated heterocycles. The van der Waals surface area contributed by atoms with E-state index in [1.54, 1.807) is 6.92 Å². The van der Waals surface area contributed by atoms with E-state index in [1.807, 2.05) is 13.8 Å². The second-order valence-corrected chi connectivity index (χ2v) is 9.10. The Labute approximate surface area is 215 Å². The molecule has 0 saturated carbocycles. The van der Waals surface area contributed by atoms with Crippen LogP contribution in [0.4, 0.5) is 0 Å². The Morgan fingerprint density at radius 2 is 1.32 bits per heavy atom. The molecule has 0 radical (unpaired) electrons. The van der Waals surface area contributed by atoms with Gasteiger partial charge in [-0.2, -0.15) is 0 Å². The Morgan fingerprint density at radius 3 is 1.84 bits per heavy atom. The maximum absolute atomic E-state index is 12.4. The first-order valence-electron chi connectivity index (χ1n) is 12.0. The smallest absolute Gasteiger partial charge is 0.322 e. The molecule has 0 aliphatic carbocycles. The fourth-order valence-electron chi connectivity index (χ4n) is 3.44. The Hall–Kier alpha value is -3.26. The minimum Gasteiger partial charge on any atom is -0.480 e. The lowest BCUT2D eigenvalue weighted by atomic mass is 9.79. The van der Waals surface area contributed by atoms with E-state index in [2.05, 4.69) is 28.2 Å². The number of carbonyl (C=O) groups is 6. The molecule has 14 heteroatoms. The molecular formula is C23H38N4O10. The largest absolute Gasteiger partial charge is 0.480 e. The van der Waals surface area contributed by atoms with Gasteiger partial charge < -0.3 is 40.6 Å². The molecule has 14 nitrogen and oxygen atoms in total. The third-order valence-corrected chi connectivity index (χ3v) is 6.14. The van der Waals surface area contributed by atoms with Crippen LogP contribution in [-0.4, -0.2) is 92.5 Å². The maximum Gasteiger partial charge on any atom is 0.322 e. The molecule has 37 heavy (non-hydrogen) atoms. The average Bonchev–Trinajstić information content (AvgIpc) is 2.85. The van der Waals surface area contributed by atoms with Crippen LogP contribution in [0.3, 0.4) is 0 Å². The number of hydrogen-bond donors (Lipinski definition) is 5. The van der Waals surface area contributed by atoms with Gasteiger partial charge in [0.1, 0.15) is 13.2 Å².